The highest BCUT2D eigenvalue weighted by molar-refractivity contribution is 7.93. The van der Waals surface area contributed by atoms with Crippen LogP contribution >= 0.6 is 23.2 Å². The first-order valence-electron chi connectivity index (χ1n) is 11.1. The summed E-state index contributed by atoms with van der Waals surface area (Å²) in [7, 11) is -3.98. The third-order valence-electron chi connectivity index (χ3n) is 5.55. The fourth-order valence-corrected chi connectivity index (χ4v) is 6.37. The van der Waals surface area contributed by atoms with Crippen LogP contribution < -0.4 is 9.62 Å². The normalized spacial score (nSPS) is 13.7. The van der Waals surface area contributed by atoms with Crippen LogP contribution in [0.1, 0.15) is 37.0 Å². The van der Waals surface area contributed by atoms with E-state index in [9.17, 15) is 13.2 Å². The summed E-state index contributed by atoms with van der Waals surface area (Å²) in [5.41, 5.74) is 2.99. The molecule has 3 aromatic carbocycles. The molecule has 1 amide bonds. The fraction of sp³-hybridized carbons (Fsp3) is 0.269. The van der Waals surface area contributed by atoms with Gasteiger partial charge in [-0.15, -0.1) is 0 Å². The molecule has 8 heteroatoms. The second kappa shape index (κ2) is 9.98. The van der Waals surface area contributed by atoms with Crippen LogP contribution in [0.4, 0.5) is 5.69 Å². The summed E-state index contributed by atoms with van der Waals surface area (Å²) >= 11 is 12.5. The van der Waals surface area contributed by atoms with Gasteiger partial charge in [-0.3, -0.25) is 9.10 Å². The lowest BCUT2D eigenvalue weighted by molar-refractivity contribution is 0.0951. The van der Waals surface area contributed by atoms with Gasteiger partial charge in [0.15, 0.2) is 0 Å². The minimum Gasteiger partial charge on any atom is -0.349 e. The Kier molecular flexibility index (Phi) is 7.22. The van der Waals surface area contributed by atoms with Gasteiger partial charge in [-0.25, -0.2) is 8.42 Å². The van der Waals surface area contributed by atoms with Crippen LogP contribution in [0.2, 0.25) is 10.0 Å². The minimum absolute atomic E-state index is 0.0582. The van der Waals surface area contributed by atoms with E-state index in [1.807, 2.05) is 38.1 Å². The zero-order valence-electron chi connectivity index (χ0n) is 19.0. The molecule has 0 saturated heterocycles. The molecule has 4 rings (SSSR count). The number of nitrogens with zero attached hydrogens (tertiary/aromatic N) is 1. The number of nitrogens with one attached hydrogen (secondary N) is 1. The predicted molar refractivity (Wildman–Crippen MR) is 138 cm³/mol. The molecule has 1 fully saturated rings. The standard InChI is InChI=1S/C26H26Cl2N2O3S/c1-17(2)16-30(34(32,33)25-23(27)4-3-5-24(25)28)22-14-10-19(11-15-22)18-6-8-20(9-7-18)26(31)29-21-12-13-21/h3-11,14-15,17,21H,12-13,16H2,1-2H3,(H,29,31). The van der Waals surface area contributed by atoms with E-state index < -0.39 is 10.0 Å². The van der Waals surface area contributed by atoms with Crippen molar-refractivity contribution in [3.05, 3.63) is 82.3 Å². The topological polar surface area (TPSA) is 66.5 Å². The lowest BCUT2D eigenvalue weighted by Gasteiger charge is -2.27. The van der Waals surface area contributed by atoms with E-state index in [1.165, 1.54) is 16.4 Å². The maximum atomic E-state index is 13.6. The largest absolute Gasteiger partial charge is 0.349 e. The smallest absolute Gasteiger partial charge is 0.267 e. The van der Waals surface area contributed by atoms with Crippen molar-refractivity contribution in [1.29, 1.82) is 0 Å². The molecule has 34 heavy (non-hydrogen) atoms. The molecule has 3 aromatic rings. The van der Waals surface area contributed by atoms with Gasteiger partial charge in [0.1, 0.15) is 4.90 Å². The van der Waals surface area contributed by atoms with Crippen LogP contribution in [0.3, 0.4) is 0 Å². The van der Waals surface area contributed by atoms with Gasteiger partial charge in [-0.2, -0.15) is 0 Å². The van der Waals surface area contributed by atoms with Gasteiger partial charge in [0.05, 0.1) is 15.7 Å². The Bertz CT molecular complexity index is 1270. The number of benzene rings is 3. The van der Waals surface area contributed by atoms with E-state index >= 15 is 0 Å². The molecule has 1 saturated carbocycles. The number of hydrogen-bond donors (Lipinski definition) is 1. The number of halogens is 2. The highest BCUT2D eigenvalue weighted by Crippen LogP contribution is 2.35. The van der Waals surface area contributed by atoms with E-state index in [0.717, 1.165) is 24.0 Å². The Morgan fingerprint density at radius 2 is 1.47 bits per heavy atom. The van der Waals surface area contributed by atoms with E-state index in [-0.39, 0.29) is 33.3 Å². The lowest BCUT2D eigenvalue weighted by atomic mass is 10.0. The number of anilines is 1. The number of amides is 1. The lowest BCUT2D eigenvalue weighted by Crippen LogP contribution is -2.34. The van der Waals surface area contributed by atoms with Crippen LogP contribution in [-0.2, 0) is 10.0 Å². The molecule has 1 aliphatic rings. The summed E-state index contributed by atoms with van der Waals surface area (Å²) in [6, 6.07) is 19.6. The Balaban J connectivity index is 1.61. The van der Waals surface area contributed by atoms with Crippen LogP contribution in [0.25, 0.3) is 11.1 Å². The highest BCUT2D eigenvalue weighted by atomic mass is 35.5. The van der Waals surface area contributed by atoms with Crippen molar-refractivity contribution < 1.29 is 13.2 Å². The maximum Gasteiger partial charge on any atom is 0.267 e. The van der Waals surface area contributed by atoms with Crippen LogP contribution in [0.15, 0.2) is 71.6 Å². The monoisotopic (exact) mass is 516 g/mol. The van der Waals surface area contributed by atoms with Gasteiger partial charge in [0.2, 0.25) is 0 Å². The summed E-state index contributed by atoms with van der Waals surface area (Å²) in [5.74, 6) is 0.0159. The van der Waals surface area contributed by atoms with Crippen molar-refractivity contribution in [2.24, 2.45) is 5.92 Å². The summed E-state index contributed by atoms with van der Waals surface area (Å²) < 4.78 is 28.5. The molecular formula is C26H26Cl2N2O3S. The van der Waals surface area contributed by atoms with Crippen LogP contribution in [-0.4, -0.2) is 26.9 Å². The quantitative estimate of drug-likeness (QED) is 0.376. The number of carbonyl (C=O) groups is 1. The molecule has 0 aromatic heterocycles. The number of rotatable bonds is 8. The van der Waals surface area contributed by atoms with Gasteiger partial charge in [0, 0.05) is 18.2 Å². The minimum atomic E-state index is -3.98. The average Bonchev–Trinajstić information content (AvgIpc) is 3.61. The molecule has 5 nitrogen and oxygen atoms in total. The first kappa shape index (κ1) is 24.6. The molecule has 0 heterocycles. The van der Waals surface area contributed by atoms with Gasteiger partial charge < -0.3 is 5.32 Å². The summed E-state index contributed by atoms with van der Waals surface area (Å²) in [6.07, 6.45) is 2.09. The molecule has 0 bridgehead atoms. The first-order valence-corrected chi connectivity index (χ1v) is 13.3. The fourth-order valence-electron chi connectivity index (χ4n) is 3.64. The molecular weight excluding hydrogens is 491 g/mol. The SMILES string of the molecule is CC(C)CN(c1ccc(-c2ccc(C(=O)NC3CC3)cc2)cc1)S(=O)(=O)c1c(Cl)cccc1Cl. The van der Waals surface area contributed by atoms with Crippen molar-refractivity contribution >= 4 is 44.8 Å². The van der Waals surface area contributed by atoms with Crippen molar-refractivity contribution in [2.75, 3.05) is 10.8 Å². The number of sulfonamides is 1. The molecule has 0 atom stereocenters. The second-order valence-corrected chi connectivity index (χ2v) is 11.5. The van der Waals surface area contributed by atoms with E-state index in [0.29, 0.717) is 17.3 Å². The third kappa shape index (κ3) is 5.40. The first-order chi connectivity index (χ1) is 16.2. The summed E-state index contributed by atoms with van der Waals surface area (Å²) in [5, 5.41) is 3.15. The summed E-state index contributed by atoms with van der Waals surface area (Å²) in [4.78, 5) is 12.1. The van der Waals surface area contributed by atoms with E-state index in [4.69, 9.17) is 23.2 Å². The zero-order valence-corrected chi connectivity index (χ0v) is 21.3. The Morgan fingerprint density at radius 3 is 1.97 bits per heavy atom. The van der Waals surface area contributed by atoms with Gasteiger partial charge >= 0.3 is 0 Å². The van der Waals surface area contributed by atoms with Gasteiger partial charge in [0.25, 0.3) is 15.9 Å². The van der Waals surface area contributed by atoms with Crippen molar-refractivity contribution in [3.8, 4) is 11.1 Å². The molecule has 0 spiro atoms. The number of hydrogen-bond acceptors (Lipinski definition) is 3. The molecule has 1 aliphatic carbocycles. The molecule has 0 unspecified atom stereocenters. The van der Waals surface area contributed by atoms with Gasteiger partial charge in [-0.05, 0) is 66.3 Å². The number of carbonyl (C=O) groups excluding carboxylic acids is 1. The van der Waals surface area contributed by atoms with Crippen LogP contribution in [0.5, 0.6) is 0 Å². The maximum absolute atomic E-state index is 13.6. The highest BCUT2D eigenvalue weighted by Gasteiger charge is 2.30. The van der Waals surface area contributed by atoms with Crippen molar-refractivity contribution in [1.82, 2.24) is 5.32 Å². The Hall–Kier alpha value is -2.54. The second-order valence-electron chi connectivity index (χ2n) is 8.85. The average molecular weight is 517 g/mol. The molecule has 0 radical (unpaired) electrons. The summed E-state index contributed by atoms with van der Waals surface area (Å²) in [6.45, 7) is 4.17. The zero-order chi connectivity index (χ0) is 24.5. The van der Waals surface area contributed by atoms with Crippen molar-refractivity contribution in [2.45, 2.75) is 37.6 Å². The van der Waals surface area contributed by atoms with Crippen molar-refractivity contribution in [3.63, 3.8) is 0 Å². The predicted octanol–water partition coefficient (Wildman–Crippen LogP) is 6.40. The van der Waals surface area contributed by atoms with Crippen LogP contribution in [0, 0.1) is 5.92 Å². The molecule has 1 N–H and O–H groups in total. The van der Waals surface area contributed by atoms with Gasteiger partial charge in [-0.1, -0.05) is 67.4 Å². The van der Waals surface area contributed by atoms with E-state index in [2.05, 4.69) is 5.32 Å². The van der Waals surface area contributed by atoms with E-state index in [1.54, 1.807) is 30.3 Å². The molecule has 0 aliphatic heterocycles. The molecule has 178 valence electrons. The third-order valence-corrected chi connectivity index (χ3v) is 8.30. The Labute approximate surface area is 210 Å². The Morgan fingerprint density at radius 1 is 0.941 bits per heavy atom.